The van der Waals surface area contributed by atoms with Crippen molar-refractivity contribution in [3.63, 3.8) is 0 Å². The highest BCUT2D eigenvalue weighted by Crippen LogP contribution is 2.16. The summed E-state index contributed by atoms with van der Waals surface area (Å²) in [5.74, 6) is 0. The smallest absolute Gasteiger partial charge is 0.0931 e. The maximum atomic E-state index is 5.50. The number of imidazole rings is 1. The Morgan fingerprint density at radius 3 is 3.15 bits per heavy atom. The zero-order valence-corrected chi connectivity index (χ0v) is 7.25. The van der Waals surface area contributed by atoms with Crippen molar-refractivity contribution >= 4 is 16.6 Å². The molecule has 1 heterocycles. The minimum absolute atomic E-state index is 0.486. The van der Waals surface area contributed by atoms with E-state index >= 15 is 0 Å². The molecule has 3 N–H and O–H groups in total. The van der Waals surface area contributed by atoms with Crippen molar-refractivity contribution in [1.82, 2.24) is 9.97 Å². The van der Waals surface area contributed by atoms with Crippen molar-refractivity contribution in [2.45, 2.75) is 0 Å². The van der Waals surface area contributed by atoms with Gasteiger partial charge < -0.3 is 10.7 Å². The molecule has 0 unspecified atom stereocenters. The fourth-order valence-electron chi connectivity index (χ4n) is 1.27. The van der Waals surface area contributed by atoms with Gasteiger partial charge in [0.05, 0.1) is 17.4 Å². The lowest BCUT2D eigenvalue weighted by Gasteiger charge is -2.01. The van der Waals surface area contributed by atoms with E-state index < -0.39 is 0 Å². The lowest BCUT2D eigenvalue weighted by Crippen LogP contribution is -2.00. The molecule has 0 radical (unpaired) electrons. The molecule has 0 amide bonds. The van der Waals surface area contributed by atoms with Gasteiger partial charge in [-0.25, -0.2) is 4.98 Å². The third-order valence-corrected chi connectivity index (χ3v) is 2.07. The summed E-state index contributed by atoms with van der Waals surface area (Å²) in [4.78, 5) is 7.17. The van der Waals surface area contributed by atoms with Gasteiger partial charge in [-0.05, 0) is 23.3 Å². The number of nitrogens with zero attached hydrogens (tertiary/aromatic N) is 1. The van der Waals surface area contributed by atoms with Crippen LogP contribution in [-0.2, 0) is 0 Å². The second kappa shape index (κ2) is 3.03. The van der Waals surface area contributed by atoms with Crippen LogP contribution in [0.5, 0.6) is 0 Å². The standard InChI is InChI=1S/C10H11N3/c1-7(5-11)8-2-3-9-10(4-8)13-6-12-9/h2-4,6H,1,5,11H2,(H,12,13). The van der Waals surface area contributed by atoms with Crippen LogP contribution in [0.25, 0.3) is 16.6 Å². The molecule has 0 fully saturated rings. The van der Waals surface area contributed by atoms with Crippen molar-refractivity contribution < 1.29 is 0 Å². The molecule has 1 aromatic heterocycles. The number of H-pyrrole nitrogens is 1. The number of aromatic nitrogens is 2. The van der Waals surface area contributed by atoms with E-state index in [-0.39, 0.29) is 0 Å². The van der Waals surface area contributed by atoms with E-state index in [9.17, 15) is 0 Å². The summed E-state index contributed by atoms with van der Waals surface area (Å²) in [6.07, 6.45) is 1.68. The Kier molecular flexibility index (Phi) is 1.87. The predicted molar refractivity (Wildman–Crippen MR) is 54.2 cm³/mol. The van der Waals surface area contributed by atoms with Crippen LogP contribution in [0, 0.1) is 0 Å². The second-order valence-corrected chi connectivity index (χ2v) is 2.94. The molecule has 2 rings (SSSR count). The van der Waals surface area contributed by atoms with Gasteiger partial charge in [-0.3, -0.25) is 0 Å². The molecular formula is C10H11N3. The van der Waals surface area contributed by atoms with Crippen molar-refractivity contribution in [1.29, 1.82) is 0 Å². The van der Waals surface area contributed by atoms with E-state index in [1.165, 1.54) is 0 Å². The summed E-state index contributed by atoms with van der Waals surface area (Å²) in [6.45, 7) is 4.36. The first-order chi connectivity index (χ1) is 6.31. The summed E-state index contributed by atoms with van der Waals surface area (Å²) in [7, 11) is 0. The molecule has 0 saturated carbocycles. The number of aromatic amines is 1. The zero-order chi connectivity index (χ0) is 9.26. The molecular weight excluding hydrogens is 162 g/mol. The lowest BCUT2D eigenvalue weighted by molar-refractivity contribution is 1.27. The van der Waals surface area contributed by atoms with Gasteiger partial charge in [-0.15, -0.1) is 0 Å². The first kappa shape index (κ1) is 8.01. The molecule has 1 aromatic carbocycles. The van der Waals surface area contributed by atoms with Crippen molar-refractivity contribution in [3.8, 4) is 0 Å². The molecule has 3 heteroatoms. The van der Waals surface area contributed by atoms with E-state index in [1.807, 2.05) is 18.2 Å². The van der Waals surface area contributed by atoms with Crippen LogP contribution in [-0.4, -0.2) is 16.5 Å². The van der Waals surface area contributed by atoms with Gasteiger partial charge in [0.2, 0.25) is 0 Å². The number of hydrogen-bond donors (Lipinski definition) is 2. The maximum Gasteiger partial charge on any atom is 0.0931 e. The monoisotopic (exact) mass is 173 g/mol. The lowest BCUT2D eigenvalue weighted by atomic mass is 10.1. The average molecular weight is 173 g/mol. The van der Waals surface area contributed by atoms with E-state index in [0.717, 1.165) is 22.2 Å². The van der Waals surface area contributed by atoms with E-state index in [1.54, 1.807) is 6.33 Å². The first-order valence-corrected chi connectivity index (χ1v) is 4.12. The summed E-state index contributed by atoms with van der Waals surface area (Å²) in [6, 6.07) is 5.96. The highest BCUT2D eigenvalue weighted by atomic mass is 14.9. The largest absolute Gasteiger partial charge is 0.345 e. The molecule has 0 bridgehead atoms. The Morgan fingerprint density at radius 1 is 1.54 bits per heavy atom. The fraction of sp³-hybridized carbons (Fsp3) is 0.100. The Morgan fingerprint density at radius 2 is 2.38 bits per heavy atom. The van der Waals surface area contributed by atoms with Crippen LogP contribution >= 0.6 is 0 Å². The number of benzene rings is 1. The second-order valence-electron chi connectivity index (χ2n) is 2.94. The summed E-state index contributed by atoms with van der Waals surface area (Å²) in [5.41, 5.74) is 9.49. The molecule has 0 aliphatic carbocycles. The van der Waals surface area contributed by atoms with Crippen LogP contribution in [0.2, 0.25) is 0 Å². The SMILES string of the molecule is C=C(CN)c1ccc2nc[nH]c2c1. The molecule has 0 spiro atoms. The molecule has 3 nitrogen and oxygen atoms in total. The minimum atomic E-state index is 0.486. The van der Waals surface area contributed by atoms with Gasteiger partial charge >= 0.3 is 0 Å². The summed E-state index contributed by atoms with van der Waals surface area (Å²) >= 11 is 0. The molecule has 2 aromatic rings. The topological polar surface area (TPSA) is 54.7 Å². The highest BCUT2D eigenvalue weighted by molar-refractivity contribution is 5.80. The number of nitrogens with two attached hydrogens (primary N) is 1. The number of hydrogen-bond acceptors (Lipinski definition) is 2. The average Bonchev–Trinajstić information content (AvgIpc) is 2.63. The minimum Gasteiger partial charge on any atom is -0.345 e. The van der Waals surface area contributed by atoms with Crippen LogP contribution in [0.1, 0.15) is 5.56 Å². The summed E-state index contributed by atoms with van der Waals surface area (Å²) in [5, 5.41) is 0. The van der Waals surface area contributed by atoms with Gasteiger partial charge in [0.1, 0.15) is 0 Å². The fourth-order valence-corrected chi connectivity index (χ4v) is 1.27. The van der Waals surface area contributed by atoms with Crippen LogP contribution in [0.3, 0.4) is 0 Å². The Hall–Kier alpha value is -1.61. The van der Waals surface area contributed by atoms with E-state index in [0.29, 0.717) is 6.54 Å². The Bertz CT molecular complexity index is 442. The van der Waals surface area contributed by atoms with Crippen LogP contribution < -0.4 is 5.73 Å². The Labute approximate surface area is 76.3 Å². The molecule has 0 aliphatic rings. The number of nitrogens with one attached hydrogen (secondary N) is 1. The van der Waals surface area contributed by atoms with E-state index in [2.05, 4.69) is 16.5 Å². The van der Waals surface area contributed by atoms with Crippen LogP contribution in [0.4, 0.5) is 0 Å². The third-order valence-electron chi connectivity index (χ3n) is 2.07. The normalized spacial score (nSPS) is 10.5. The maximum absolute atomic E-state index is 5.50. The third kappa shape index (κ3) is 1.34. The van der Waals surface area contributed by atoms with Gasteiger partial charge in [-0.2, -0.15) is 0 Å². The quantitative estimate of drug-likeness (QED) is 0.723. The summed E-state index contributed by atoms with van der Waals surface area (Å²) < 4.78 is 0. The molecule has 13 heavy (non-hydrogen) atoms. The van der Waals surface area contributed by atoms with Gasteiger partial charge in [-0.1, -0.05) is 12.6 Å². The molecule has 0 aliphatic heterocycles. The molecule has 0 saturated heterocycles. The van der Waals surface area contributed by atoms with Crippen LogP contribution in [0.15, 0.2) is 31.1 Å². The number of fused-ring (bicyclic) bond motifs is 1. The zero-order valence-electron chi connectivity index (χ0n) is 7.25. The molecule has 66 valence electrons. The first-order valence-electron chi connectivity index (χ1n) is 4.12. The number of rotatable bonds is 2. The molecule has 0 atom stereocenters. The van der Waals surface area contributed by atoms with Gasteiger partial charge in [0.25, 0.3) is 0 Å². The van der Waals surface area contributed by atoms with E-state index in [4.69, 9.17) is 5.73 Å². The van der Waals surface area contributed by atoms with Crippen molar-refractivity contribution in [3.05, 3.63) is 36.7 Å². The predicted octanol–water partition coefficient (Wildman–Crippen LogP) is 1.53. The highest BCUT2D eigenvalue weighted by Gasteiger charge is 1.99. The van der Waals surface area contributed by atoms with Gasteiger partial charge in [0, 0.05) is 6.54 Å². The van der Waals surface area contributed by atoms with Crippen molar-refractivity contribution in [2.75, 3.05) is 6.54 Å². The van der Waals surface area contributed by atoms with Gasteiger partial charge in [0.15, 0.2) is 0 Å². The van der Waals surface area contributed by atoms with Crippen molar-refractivity contribution in [2.24, 2.45) is 5.73 Å². The Balaban J connectivity index is 2.54.